The van der Waals surface area contributed by atoms with Crippen LogP contribution in [0.4, 0.5) is 17.6 Å². The fraction of sp³-hybridized carbons (Fsp3) is 0.143. The number of halogens is 4. The predicted octanol–water partition coefficient (Wildman–Crippen LogP) is 1.36. The summed E-state index contributed by atoms with van der Waals surface area (Å²) >= 11 is 0. The monoisotopic (exact) mass is 224 g/mol. The van der Waals surface area contributed by atoms with Gasteiger partial charge in [0.15, 0.2) is 11.6 Å². The lowest BCUT2D eigenvalue weighted by atomic mass is 10.3. The van der Waals surface area contributed by atoms with Crippen LogP contribution in [-0.2, 0) is 0 Å². The van der Waals surface area contributed by atoms with E-state index in [-0.39, 0.29) is 5.75 Å². The third-order valence-electron chi connectivity index (χ3n) is 1.36. The van der Waals surface area contributed by atoms with E-state index >= 15 is 0 Å². The summed E-state index contributed by atoms with van der Waals surface area (Å²) < 4.78 is 55.9. The molecule has 1 aromatic carbocycles. The van der Waals surface area contributed by atoms with Crippen molar-refractivity contribution in [2.45, 2.75) is 6.36 Å². The third kappa shape index (κ3) is 3.66. The van der Waals surface area contributed by atoms with Crippen molar-refractivity contribution in [1.29, 1.82) is 0 Å². The standard InChI is InChI=1S/C7H5BF4O3/c9-5-2-1-4(15-8-13)3-6(5)14-7(10,11)12/h1-3,8,13H. The van der Waals surface area contributed by atoms with E-state index in [4.69, 9.17) is 5.02 Å². The Kier molecular flexibility index (Phi) is 3.41. The average molecular weight is 224 g/mol. The van der Waals surface area contributed by atoms with Gasteiger partial charge in [-0.3, -0.25) is 0 Å². The number of ether oxygens (including phenoxy) is 1. The van der Waals surface area contributed by atoms with Crippen LogP contribution in [0.25, 0.3) is 0 Å². The van der Waals surface area contributed by atoms with Crippen LogP contribution in [0.2, 0.25) is 0 Å². The van der Waals surface area contributed by atoms with Crippen molar-refractivity contribution in [3.63, 3.8) is 0 Å². The summed E-state index contributed by atoms with van der Waals surface area (Å²) in [5.74, 6) is -2.30. The van der Waals surface area contributed by atoms with E-state index < -0.39 is 25.6 Å². The van der Waals surface area contributed by atoms with E-state index in [1.165, 1.54) is 0 Å². The Labute approximate surface area is 82.5 Å². The fourth-order valence-corrected chi connectivity index (χ4v) is 0.851. The Hall–Kier alpha value is -1.44. The molecule has 3 nitrogen and oxygen atoms in total. The van der Waals surface area contributed by atoms with Crippen molar-refractivity contribution in [3.05, 3.63) is 24.0 Å². The quantitative estimate of drug-likeness (QED) is 0.622. The molecule has 0 spiro atoms. The van der Waals surface area contributed by atoms with Gasteiger partial charge in [-0.1, -0.05) is 0 Å². The molecule has 0 saturated carbocycles. The molecular formula is C7H5BF4O3. The molecule has 0 radical (unpaired) electrons. The molecule has 0 fully saturated rings. The minimum Gasteiger partial charge on any atom is -0.539 e. The zero-order valence-corrected chi connectivity index (χ0v) is 7.21. The van der Waals surface area contributed by atoms with Crippen LogP contribution in [-0.4, -0.2) is 19.1 Å². The minimum atomic E-state index is -4.97. The summed E-state index contributed by atoms with van der Waals surface area (Å²) in [4.78, 5) is 0. The molecule has 0 bridgehead atoms. The molecule has 0 saturated heterocycles. The highest BCUT2D eigenvalue weighted by Gasteiger charge is 2.32. The van der Waals surface area contributed by atoms with Gasteiger partial charge in [0.1, 0.15) is 5.75 Å². The molecular weight excluding hydrogens is 219 g/mol. The summed E-state index contributed by atoms with van der Waals surface area (Å²) in [6.45, 7) is 0. The van der Waals surface area contributed by atoms with Gasteiger partial charge in [-0.05, 0) is 12.1 Å². The topological polar surface area (TPSA) is 38.7 Å². The third-order valence-corrected chi connectivity index (χ3v) is 1.36. The summed E-state index contributed by atoms with van der Waals surface area (Å²) in [6, 6.07) is 2.50. The van der Waals surface area contributed by atoms with Gasteiger partial charge in [0.2, 0.25) is 0 Å². The number of benzene rings is 1. The molecule has 0 atom stereocenters. The first-order valence-electron chi connectivity index (χ1n) is 3.71. The van der Waals surface area contributed by atoms with Gasteiger partial charge in [0.05, 0.1) is 0 Å². The Balaban J connectivity index is 2.90. The normalized spacial score (nSPS) is 11.0. The molecule has 82 valence electrons. The maximum atomic E-state index is 12.8. The van der Waals surface area contributed by atoms with E-state index in [9.17, 15) is 17.6 Å². The Morgan fingerprint density at radius 2 is 1.93 bits per heavy atom. The molecule has 0 aliphatic rings. The van der Waals surface area contributed by atoms with Crippen LogP contribution in [0.3, 0.4) is 0 Å². The zero-order chi connectivity index (χ0) is 11.5. The highest BCUT2D eigenvalue weighted by atomic mass is 19.4. The molecule has 0 heterocycles. The Morgan fingerprint density at radius 3 is 2.47 bits per heavy atom. The molecule has 0 aromatic heterocycles. The van der Waals surface area contributed by atoms with Gasteiger partial charge >= 0.3 is 14.0 Å². The summed E-state index contributed by atoms with van der Waals surface area (Å²) in [5.41, 5.74) is 0. The summed E-state index contributed by atoms with van der Waals surface area (Å²) in [5, 5.41) is 8.33. The van der Waals surface area contributed by atoms with Crippen LogP contribution < -0.4 is 9.39 Å². The van der Waals surface area contributed by atoms with E-state index in [2.05, 4.69) is 9.39 Å². The first kappa shape index (κ1) is 11.6. The van der Waals surface area contributed by atoms with Crippen LogP contribution in [0.15, 0.2) is 18.2 Å². The highest BCUT2D eigenvalue weighted by molar-refractivity contribution is 6.17. The molecule has 0 amide bonds. The second kappa shape index (κ2) is 4.39. The fourth-order valence-electron chi connectivity index (χ4n) is 0.851. The maximum Gasteiger partial charge on any atom is 0.573 e. The van der Waals surface area contributed by atoms with Crippen LogP contribution in [0.1, 0.15) is 0 Å². The van der Waals surface area contributed by atoms with Gasteiger partial charge in [-0.2, -0.15) is 0 Å². The second-order valence-electron chi connectivity index (χ2n) is 2.41. The molecule has 0 unspecified atom stereocenters. The van der Waals surface area contributed by atoms with E-state index in [1.54, 1.807) is 0 Å². The predicted molar refractivity (Wildman–Crippen MR) is 43.1 cm³/mol. The summed E-state index contributed by atoms with van der Waals surface area (Å²) in [7, 11) is -0.725. The van der Waals surface area contributed by atoms with Crippen LogP contribution in [0.5, 0.6) is 11.5 Å². The Morgan fingerprint density at radius 1 is 1.27 bits per heavy atom. The van der Waals surface area contributed by atoms with E-state index in [0.717, 1.165) is 12.1 Å². The molecule has 0 aliphatic heterocycles. The molecule has 8 heteroatoms. The number of hydrogen-bond acceptors (Lipinski definition) is 3. The van der Waals surface area contributed by atoms with E-state index in [0.29, 0.717) is 6.07 Å². The molecule has 0 aliphatic carbocycles. The Bertz CT molecular complexity index is 341. The smallest absolute Gasteiger partial charge is 0.539 e. The van der Waals surface area contributed by atoms with E-state index in [1.807, 2.05) is 0 Å². The maximum absolute atomic E-state index is 12.8. The minimum absolute atomic E-state index is 0.127. The van der Waals surface area contributed by atoms with Gasteiger partial charge < -0.3 is 14.4 Å². The molecule has 15 heavy (non-hydrogen) atoms. The molecule has 1 rings (SSSR count). The van der Waals surface area contributed by atoms with Crippen LogP contribution in [0, 0.1) is 5.82 Å². The largest absolute Gasteiger partial charge is 0.573 e. The zero-order valence-electron chi connectivity index (χ0n) is 7.21. The van der Waals surface area contributed by atoms with Crippen molar-refractivity contribution >= 4 is 7.69 Å². The van der Waals surface area contributed by atoms with Crippen molar-refractivity contribution in [2.24, 2.45) is 0 Å². The number of alkyl halides is 3. The van der Waals surface area contributed by atoms with Gasteiger partial charge in [0.25, 0.3) is 0 Å². The number of hydrogen-bond donors (Lipinski definition) is 1. The van der Waals surface area contributed by atoms with Crippen molar-refractivity contribution in [2.75, 3.05) is 0 Å². The highest BCUT2D eigenvalue weighted by Crippen LogP contribution is 2.28. The van der Waals surface area contributed by atoms with Crippen molar-refractivity contribution in [3.8, 4) is 11.5 Å². The van der Waals surface area contributed by atoms with Crippen molar-refractivity contribution < 1.29 is 32.0 Å². The summed E-state index contributed by atoms with van der Waals surface area (Å²) in [6.07, 6.45) is -4.97. The first-order valence-corrected chi connectivity index (χ1v) is 3.71. The first-order chi connectivity index (χ1) is 6.92. The lowest BCUT2D eigenvalue weighted by Gasteiger charge is -2.10. The number of rotatable bonds is 3. The van der Waals surface area contributed by atoms with Gasteiger partial charge in [-0.15, -0.1) is 13.2 Å². The van der Waals surface area contributed by atoms with Gasteiger partial charge in [-0.25, -0.2) is 4.39 Å². The lowest BCUT2D eigenvalue weighted by Crippen LogP contribution is -2.18. The SMILES string of the molecule is OBOc1ccc(F)c(OC(F)(F)F)c1. The lowest BCUT2D eigenvalue weighted by molar-refractivity contribution is -0.275. The second-order valence-corrected chi connectivity index (χ2v) is 2.41. The van der Waals surface area contributed by atoms with Gasteiger partial charge in [0, 0.05) is 6.07 Å². The van der Waals surface area contributed by atoms with Crippen molar-refractivity contribution in [1.82, 2.24) is 0 Å². The van der Waals surface area contributed by atoms with Crippen LogP contribution >= 0.6 is 0 Å². The average Bonchev–Trinajstić information content (AvgIpc) is 2.09. The molecule has 1 N–H and O–H groups in total. The molecule has 1 aromatic rings.